The highest BCUT2D eigenvalue weighted by molar-refractivity contribution is 7.93. The fraction of sp³-hybridized carbons (Fsp3) is 0.100. The molecule has 0 radical (unpaired) electrons. The van der Waals surface area contributed by atoms with E-state index in [2.05, 4.69) is 10.0 Å². The summed E-state index contributed by atoms with van der Waals surface area (Å²) in [5.41, 5.74) is 2.07. The lowest BCUT2D eigenvalue weighted by Gasteiger charge is -2.15. The minimum atomic E-state index is -4.11. The lowest BCUT2D eigenvalue weighted by molar-refractivity contribution is 0.0697. The van der Waals surface area contributed by atoms with E-state index >= 15 is 0 Å². The van der Waals surface area contributed by atoms with Crippen LogP contribution in [-0.2, 0) is 10.0 Å². The van der Waals surface area contributed by atoms with Crippen LogP contribution in [-0.4, -0.2) is 25.4 Å². The Morgan fingerprint density at radius 1 is 1.11 bits per heavy atom. The second-order valence-corrected chi connectivity index (χ2v) is 8.36. The maximum atomic E-state index is 13.1. The molecule has 1 aliphatic heterocycles. The molecule has 0 unspecified atom stereocenters. The van der Waals surface area contributed by atoms with Gasteiger partial charge < -0.3 is 10.4 Å². The zero-order valence-corrected chi connectivity index (χ0v) is 15.8. The van der Waals surface area contributed by atoms with E-state index in [4.69, 9.17) is 0 Å². The summed E-state index contributed by atoms with van der Waals surface area (Å²) in [6.07, 6.45) is 0. The molecule has 1 heterocycles. The number of carboxylic acid groups (broad SMARTS) is 1. The quantitative estimate of drug-likeness (QED) is 0.625. The summed E-state index contributed by atoms with van der Waals surface area (Å²) in [6, 6.07) is 10.9. The van der Waals surface area contributed by atoms with Crippen molar-refractivity contribution in [3.05, 3.63) is 64.7 Å². The van der Waals surface area contributed by atoms with Gasteiger partial charge >= 0.3 is 5.97 Å². The highest BCUT2D eigenvalue weighted by Gasteiger charge is 2.27. The SMILES string of the molecule is Cc1cc(C)c(NS(=O)(=O)c2ccc3c4c(cccc24)C(=O)N3)c(C(=O)O)c1. The molecule has 8 heteroatoms. The number of hydrogen-bond donors (Lipinski definition) is 3. The van der Waals surface area contributed by atoms with Crippen LogP contribution in [0.4, 0.5) is 11.4 Å². The van der Waals surface area contributed by atoms with Gasteiger partial charge in [-0.1, -0.05) is 18.2 Å². The largest absolute Gasteiger partial charge is 0.478 e. The predicted octanol–water partition coefficient (Wildman–Crippen LogP) is 3.52. The molecule has 1 amide bonds. The molecule has 142 valence electrons. The average Bonchev–Trinajstić information content (AvgIpc) is 2.95. The van der Waals surface area contributed by atoms with Crippen molar-refractivity contribution in [3.63, 3.8) is 0 Å². The highest BCUT2D eigenvalue weighted by atomic mass is 32.2. The van der Waals surface area contributed by atoms with E-state index in [0.29, 0.717) is 33.2 Å². The number of aromatic carboxylic acids is 1. The standard InChI is InChI=1S/C20H16N2O5S/c1-10-8-11(2)18(14(9-10)20(24)25)22-28(26,27)16-7-6-15-17-12(16)4-3-5-13(17)19(23)21-15/h3-9,22H,1-2H3,(H,21,23)(H,24,25). The Labute approximate surface area is 161 Å². The number of hydrogen-bond acceptors (Lipinski definition) is 4. The fourth-order valence-electron chi connectivity index (χ4n) is 3.56. The molecule has 0 atom stereocenters. The van der Waals surface area contributed by atoms with E-state index in [-0.39, 0.29) is 22.1 Å². The first-order valence-electron chi connectivity index (χ1n) is 8.43. The normalized spacial score (nSPS) is 12.9. The minimum absolute atomic E-state index is 0.0237. The van der Waals surface area contributed by atoms with Crippen molar-refractivity contribution >= 4 is 44.0 Å². The molecule has 1 aliphatic rings. The lowest BCUT2D eigenvalue weighted by Crippen LogP contribution is -2.17. The van der Waals surface area contributed by atoms with Gasteiger partial charge in [0.25, 0.3) is 15.9 Å². The first kappa shape index (κ1) is 18.0. The zero-order valence-electron chi connectivity index (χ0n) is 15.0. The van der Waals surface area contributed by atoms with Gasteiger partial charge in [-0.05, 0) is 49.2 Å². The second kappa shape index (κ2) is 6.07. The molecule has 7 nitrogen and oxygen atoms in total. The first-order valence-corrected chi connectivity index (χ1v) is 9.92. The molecular weight excluding hydrogens is 380 g/mol. The molecule has 3 aromatic rings. The van der Waals surface area contributed by atoms with E-state index in [1.807, 2.05) is 0 Å². The molecule has 0 saturated carbocycles. The summed E-state index contributed by atoms with van der Waals surface area (Å²) in [6.45, 7) is 3.39. The van der Waals surface area contributed by atoms with Gasteiger partial charge in [0.2, 0.25) is 0 Å². The van der Waals surface area contributed by atoms with Gasteiger partial charge in [0, 0.05) is 22.0 Å². The van der Waals surface area contributed by atoms with Crippen LogP contribution in [0.25, 0.3) is 10.8 Å². The number of benzene rings is 3. The van der Waals surface area contributed by atoms with Gasteiger partial charge in [-0.15, -0.1) is 0 Å². The Morgan fingerprint density at radius 3 is 2.57 bits per heavy atom. The third-order valence-corrected chi connectivity index (χ3v) is 6.14. The molecular formula is C20H16N2O5S. The van der Waals surface area contributed by atoms with Gasteiger partial charge in [-0.3, -0.25) is 9.52 Å². The topological polar surface area (TPSA) is 113 Å². The lowest BCUT2D eigenvalue weighted by atomic mass is 10.0. The molecule has 28 heavy (non-hydrogen) atoms. The summed E-state index contributed by atoms with van der Waals surface area (Å²) in [5.74, 6) is -1.51. The molecule has 0 bridgehead atoms. The van der Waals surface area contributed by atoms with E-state index < -0.39 is 16.0 Å². The molecule has 0 aliphatic carbocycles. The maximum Gasteiger partial charge on any atom is 0.337 e. The van der Waals surface area contributed by atoms with Crippen molar-refractivity contribution < 1.29 is 23.1 Å². The van der Waals surface area contributed by atoms with Crippen molar-refractivity contribution in [1.82, 2.24) is 0 Å². The first-order chi connectivity index (χ1) is 13.2. The zero-order chi connectivity index (χ0) is 20.2. The minimum Gasteiger partial charge on any atom is -0.478 e. The number of amides is 1. The fourth-order valence-corrected chi connectivity index (χ4v) is 4.91. The van der Waals surface area contributed by atoms with Crippen LogP contribution in [0.1, 0.15) is 31.8 Å². The number of nitrogens with one attached hydrogen (secondary N) is 2. The number of sulfonamides is 1. The van der Waals surface area contributed by atoms with Crippen molar-refractivity contribution in [2.24, 2.45) is 0 Å². The van der Waals surface area contributed by atoms with Gasteiger partial charge in [0.1, 0.15) is 0 Å². The van der Waals surface area contributed by atoms with Crippen LogP contribution in [0.2, 0.25) is 0 Å². The third kappa shape index (κ3) is 2.69. The number of anilines is 2. The molecule has 0 spiro atoms. The number of carbonyl (C=O) groups is 2. The molecule has 0 fully saturated rings. The predicted molar refractivity (Wildman–Crippen MR) is 106 cm³/mol. The number of carbonyl (C=O) groups excluding carboxylic acids is 1. The van der Waals surface area contributed by atoms with E-state index in [1.165, 1.54) is 18.2 Å². The van der Waals surface area contributed by atoms with E-state index in [1.54, 1.807) is 38.1 Å². The summed E-state index contributed by atoms with van der Waals surface area (Å²) in [7, 11) is -4.11. The van der Waals surface area contributed by atoms with Gasteiger partial charge in [-0.2, -0.15) is 0 Å². The highest BCUT2D eigenvalue weighted by Crippen LogP contribution is 2.37. The Bertz CT molecular complexity index is 1300. The Balaban J connectivity index is 1.90. The monoisotopic (exact) mass is 396 g/mol. The second-order valence-electron chi connectivity index (χ2n) is 6.71. The average molecular weight is 396 g/mol. The number of rotatable bonds is 4. The maximum absolute atomic E-state index is 13.1. The number of carboxylic acids is 1. The molecule has 3 N–H and O–H groups in total. The molecule has 0 aromatic heterocycles. The van der Waals surface area contributed by atoms with Crippen LogP contribution >= 0.6 is 0 Å². The van der Waals surface area contributed by atoms with Crippen molar-refractivity contribution in [2.75, 3.05) is 10.0 Å². The Kier molecular flexibility index (Phi) is 3.90. The van der Waals surface area contributed by atoms with Crippen LogP contribution in [0.15, 0.2) is 47.4 Å². The molecule has 4 rings (SSSR count). The van der Waals surface area contributed by atoms with Crippen molar-refractivity contribution in [1.29, 1.82) is 0 Å². The smallest absolute Gasteiger partial charge is 0.337 e. The summed E-state index contributed by atoms with van der Waals surface area (Å²) >= 11 is 0. The van der Waals surface area contributed by atoms with Crippen LogP contribution < -0.4 is 10.0 Å². The summed E-state index contributed by atoms with van der Waals surface area (Å²) in [4.78, 5) is 23.6. The van der Waals surface area contributed by atoms with E-state index in [9.17, 15) is 23.1 Å². The summed E-state index contributed by atoms with van der Waals surface area (Å²) < 4.78 is 28.7. The Hall–Kier alpha value is -3.39. The van der Waals surface area contributed by atoms with Crippen LogP contribution in [0.3, 0.4) is 0 Å². The number of aryl methyl sites for hydroxylation is 2. The molecule has 0 saturated heterocycles. The van der Waals surface area contributed by atoms with Crippen LogP contribution in [0.5, 0.6) is 0 Å². The van der Waals surface area contributed by atoms with Gasteiger partial charge in [-0.25, -0.2) is 13.2 Å². The van der Waals surface area contributed by atoms with Crippen molar-refractivity contribution in [3.8, 4) is 0 Å². The summed E-state index contributed by atoms with van der Waals surface area (Å²) in [5, 5.41) is 13.1. The molecule has 3 aromatic carbocycles. The van der Waals surface area contributed by atoms with Crippen molar-refractivity contribution in [2.45, 2.75) is 18.7 Å². The van der Waals surface area contributed by atoms with Gasteiger partial charge in [0.15, 0.2) is 0 Å². The third-order valence-electron chi connectivity index (χ3n) is 4.73. The van der Waals surface area contributed by atoms with Crippen LogP contribution in [0, 0.1) is 13.8 Å². The van der Waals surface area contributed by atoms with E-state index in [0.717, 1.165) is 0 Å². The van der Waals surface area contributed by atoms with Gasteiger partial charge in [0.05, 0.1) is 16.1 Å². The Morgan fingerprint density at radius 2 is 1.86 bits per heavy atom.